The quantitative estimate of drug-likeness (QED) is 0.159. The molecule has 208 valence electrons. The van der Waals surface area contributed by atoms with Crippen LogP contribution in [0.3, 0.4) is 0 Å². The highest BCUT2D eigenvalue weighted by Crippen LogP contribution is 2.35. The Morgan fingerprint density at radius 2 is 1.85 bits per heavy atom. The van der Waals surface area contributed by atoms with Gasteiger partial charge in [0.1, 0.15) is 17.4 Å². The highest BCUT2D eigenvalue weighted by atomic mass is 32.1. The van der Waals surface area contributed by atoms with E-state index in [0.29, 0.717) is 36.3 Å². The fraction of sp³-hybridized carbons (Fsp3) is 0.321. The molecular formula is C28H30F2N2O6S. The van der Waals surface area contributed by atoms with Crippen LogP contribution in [0.5, 0.6) is 5.75 Å². The zero-order valence-corrected chi connectivity index (χ0v) is 23.1. The van der Waals surface area contributed by atoms with Gasteiger partial charge >= 0.3 is 5.97 Å². The molecule has 0 unspecified atom stereocenters. The van der Waals surface area contributed by atoms with Crippen molar-refractivity contribution >= 4 is 34.4 Å². The number of anilines is 1. The topological polar surface area (TPSA) is 107 Å². The number of aliphatic carboxylic acids is 1. The number of halogens is 2. The molecule has 0 aliphatic heterocycles. The van der Waals surface area contributed by atoms with Crippen molar-refractivity contribution < 1.29 is 37.7 Å². The molecule has 0 atom stereocenters. The van der Waals surface area contributed by atoms with Gasteiger partial charge in [0, 0.05) is 40.3 Å². The highest BCUT2D eigenvalue weighted by Gasteiger charge is 2.19. The fourth-order valence-electron chi connectivity index (χ4n) is 3.52. The maximum absolute atomic E-state index is 14.5. The van der Waals surface area contributed by atoms with E-state index in [1.54, 1.807) is 12.5 Å². The number of rotatable bonds is 11. The van der Waals surface area contributed by atoms with E-state index in [1.165, 1.54) is 0 Å². The van der Waals surface area contributed by atoms with Gasteiger partial charge in [-0.2, -0.15) is 0 Å². The van der Waals surface area contributed by atoms with Crippen molar-refractivity contribution in [3.63, 3.8) is 0 Å². The molecule has 1 heterocycles. The Bertz CT molecular complexity index is 1360. The van der Waals surface area contributed by atoms with Crippen LogP contribution in [0.1, 0.15) is 48.7 Å². The van der Waals surface area contributed by atoms with Crippen LogP contribution in [0.4, 0.5) is 13.9 Å². The number of carboxylic acids is 1. The number of methoxy groups -OCH3 is 2. The van der Waals surface area contributed by atoms with Gasteiger partial charge in [0.25, 0.3) is 5.91 Å². The van der Waals surface area contributed by atoms with Crippen molar-refractivity contribution in [2.75, 3.05) is 26.1 Å². The van der Waals surface area contributed by atoms with Gasteiger partial charge in [0.2, 0.25) is 5.76 Å². The van der Waals surface area contributed by atoms with Crippen molar-refractivity contribution in [2.24, 2.45) is 5.41 Å². The molecule has 1 amide bonds. The van der Waals surface area contributed by atoms with Crippen LogP contribution in [0.25, 0.3) is 17.3 Å². The van der Waals surface area contributed by atoms with Gasteiger partial charge in [-0.3, -0.25) is 10.1 Å². The van der Waals surface area contributed by atoms with Crippen LogP contribution in [-0.2, 0) is 20.9 Å². The van der Waals surface area contributed by atoms with E-state index in [2.05, 4.69) is 35.8 Å². The summed E-state index contributed by atoms with van der Waals surface area (Å²) in [5, 5.41) is 13.5. The van der Waals surface area contributed by atoms with Crippen molar-refractivity contribution in [3.05, 3.63) is 69.8 Å². The number of carbonyl (C=O) groups is 2. The Hall–Kier alpha value is -3.83. The zero-order valence-electron chi connectivity index (χ0n) is 22.3. The molecule has 0 aliphatic rings. The molecular weight excluding hydrogens is 530 g/mol. The van der Waals surface area contributed by atoms with Crippen molar-refractivity contribution in [1.29, 1.82) is 0 Å². The second-order valence-corrected chi connectivity index (χ2v) is 10.6. The zero-order chi connectivity index (χ0) is 28.7. The van der Waals surface area contributed by atoms with Gasteiger partial charge in [0.15, 0.2) is 5.13 Å². The summed E-state index contributed by atoms with van der Waals surface area (Å²) in [6.07, 6.45) is 1.62. The van der Waals surface area contributed by atoms with E-state index in [-0.39, 0.29) is 16.1 Å². The summed E-state index contributed by atoms with van der Waals surface area (Å²) in [6, 6.07) is 7.21. The lowest BCUT2D eigenvalue weighted by Crippen LogP contribution is -2.13. The molecule has 11 heteroatoms. The van der Waals surface area contributed by atoms with Gasteiger partial charge in [-0.1, -0.05) is 32.9 Å². The summed E-state index contributed by atoms with van der Waals surface area (Å²) in [5.41, 5.74) is 1.31. The Balaban J connectivity index is 1.77. The first-order valence-electron chi connectivity index (χ1n) is 11.9. The second kappa shape index (κ2) is 12.8. The number of nitrogens with one attached hydrogen (secondary N) is 1. The Kier molecular flexibility index (Phi) is 9.76. The van der Waals surface area contributed by atoms with Crippen molar-refractivity contribution in [3.8, 4) is 17.0 Å². The minimum atomic E-state index is -1.49. The van der Waals surface area contributed by atoms with E-state index < -0.39 is 34.8 Å². The van der Waals surface area contributed by atoms with Crippen LogP contribution in [-0.4, -0.2) is 42.8 Å². The van der Waals surface area contributed by atoms with Gasteiger partial charge < -0.3 is 19.3 Å². The fourth-order valence-corrected chi connectivity index (χ4v) is 4.22. The largest absolute Gasteiger partial charge is 0.496 e. The van der Waals surface area contributed by atoms with E-state index in [1.807, 2.05) is 18.2 Å². The van der Waals surface area contributed by atoms with Crippen LogP contribution >= 0.6 is 11.3 Å². The maximum atomic E-state index is 14.5. The first-order valence-corrected chi connectivity index (χ1v) is 12.8. The molecule has 0 radical (unpaired) electrons. The molecule has 0 aliphatic carbocycles. The van der Waals surface area contributed by atoms with E-state index in [4.69, 9.17) is 14.6 Å². The van der Waals surface area contributed by atoms with Crippen molar-refractivity contribution in [2.45, 2.75) is 33.8 Å². The minimum Gasteiger partial charge on any atom is -0.496 e. The lowest BCUT2D eigenvalue weighted by molar-refractivity contribution is -0.135. The third-order valence-electron chi connectivity index (χ3n) is 5.60. The number of hydrogen-bond donors (Lipinski definition) is 2. The van der Waals surface area contributed by atoms with Gasteiger partial charge in [-0.05, 0) is 30.0 Å². The summed E-state index contributed by atoms with van der Waals surface area (Å²) >= 11 is 1.13. The predicted octanol–water partition coefficient (Wildman–Crippen LogP) is 6.37. The number of aromatic nitrogens is 1. The Labute approximate surface area is 229 Å². The van der Waals surface area contributed by atoms with Crippen LogP contribution < -0.4 is 10.1 Å². The molecule has 0 bridgehead atoms. The van der Waals surface area contributed by atoms with Crippen LogP contribution in [0, 0.1) is 17.0 Å². The number of amides is 1. The number of thiazole rings is 1. The molecule has 39 heavy (non-hydrogen) atoms. The standard InChI is InChI=1S/C28H30F2N2O6S/c1-28(2,3)9-10-38-14-16-7-6-8-18(24(16)37-5)22-15-39-27(31-22)32-25(33)17-11-20(29)19(21(30)12-17)13-23(36-4)26(34)35/h6-8,11-13,15H,9-10,14H2,1-5H3,(H,34,35)(H,31,32,33)/b23-13-. The number of benzene rings is 2. The van der Waals surface area contributed by atoms with Crippen LogP contribution in [0.15, 0.2) is 41.5 Å². The van der Waals surface area contributed by atoms with E-state index in [0.717, 1.165) is 42.6 Å². The van der Waals surface area contributed by atoms with E-state index >= 15 is 0 Å². The highest BCUT2D eigenvalue weighted by molar-refractivity contribution is 7.14. The summed E-state index contributed by atoms with van der Waals surface area (Å²) < 4.78 is 45.2. The molecule has 0 spiro atoms. The third-order valence-corrected chi connectivity index (χ3v) is 6.36. The van der Waals surface area contributed by atoms with Crippen molar-refractivity contribution in [1.82, 2.24) is 4.98 Å². The summed E-state index contributed by atoms with van der Waals surface area (Å²) in [5.74, 6) is -4.59. The molecule has 0 saturated carbocycles. The smallest absolute Gasteiger partial charge is 0.371 e. The van der Waals surface area contributed by atoms with Gasteiger partial charge in [-0.25, -0.2) is 18.6 Å². The first-order chi connectivity index (χ1) is 18.4. The summed E-state index contributed by atoms with van der Waals surface area (Å²) in [7, 11) is 2.62. The molecule has 2 N–H and O–H groups in total. The minimum absolute atomic E-state index is 0.165. The molecule has 3 aromatic rings. The SMILES string of the molecule is CO/C(=C\c1c(F)cc(C(=O)Nc2nc(-c3cccc(COCCC(C)(C)C)c3OC)cs2)cc1F)C(=O)O. The van der Waals surface area contributed by atoms with E-state index in [9.17, 15) is 18.4 Å². The third kappa shape index (κ3) is 7.84. The Morgan fingerprint density at radius 1 is 1.15 bits per heavy atom. The molecule has 0 fully saturated rings. The first kappa shape index (κ1) is 29.7. The summed E-state index contributed by atoms with van der Waals surface area (Å²) in [4.78, 5) is 28.2. The lowest BCUT2D eigenvalue weighted by Gasteiger charge is -2.18. The molecule has 8 nitrogen and oxygen atoms in total. The average Bonchev–Trinajstić information content (AvgIpc) is 3.33. The second-order valence-electron chi connectivity index (χ2n) is 9.72. The normalized spacial score (nSPS) is 11.8. The molecule has 1 aromatic heterocycles. The summed E-state index contributed by atoms with van der Waals surface area (Å²) in [6.45, 7) is 7.41. The molecule has 3 rings (SSSR count). The van der Waals surface area contributed by atoms with Gasteiger partial charge in [-0.15, -0.1) is 11.3 Å². The average molecular weight is 561 g/mol. The molecule has 2 aromatic carbocycles. The Morgan fingerprint density at radius 3 is 2.44 bits per heavy atom. The monoisotopic (exact) mass is 560 g/mol. The maximum Gasteiger partial charge on any atom is 0.371 e. The van der Waals surface area contributed by atoms with Gasteiger partial charge in [0.05, 0.1) is 26.5 Å². The number of carboxylic acid groups (broad SMARTS) is 1. The lowest BCUT2D eigenvalue weighted by atomic mass is 9.93. The number of hydrogen-bond acceptors (Lipinski definition) is 7. The predicted molar refractivity (Wildman–Crippen MR) is 145 cm³/mol. The number of nitrogens with zero attached hydrogens (tertiary/aromatic N) is 1. The number of ether oxygens (including phenoxy) is 3. The number of carbonyl (C=O) groups excluding carboxylic acids is 1. The number of para-hydroxylation sites is 1. The molecule has 0 saturated heterocycles. The van der Waals surface area contributed by atoms with Crippen LogP contribution in [0.2, 0.25) is 0 Å².